The molecule has 0 aromatic heterocycles. The Bertz CT molecular complexity index is 769. The van der Waals surface area contributed by atoms with Crippen molar-refractivity contribution in [3.63, 3.8) is 0 Å². The number of hydrogen-bond donors (Lipinski definition) is 0. The molecule has 0 bridgehead atoms. The van der Waals surface area contributed by atoms with Crippen molar-refractivity contribution in [2.75, 3.05) is 6.61 Å². The van der Waals surface area contributed by atoms with Crippen LogP contribution in [0.4, 0.5) is 0 Å². The van der Waals surface area contributed by atoms with Gasteiger partial charge in [0.25, 0.3) is 0 Å². The SMILES string of the molecule is CC(C)[Si](/C=C1/C=C(CCCCOC(=O)c2ccccc2)C(=O)O1)(C(C)C)C(C)C. The van der Waals surface area contributed by atoms with Crippen molar-refractivity contribution in [3.05, 3.63) is 59.0 Å². The van der Waals surface area contributed by atoms with Gasteiger partial charge in [0.15, 0.2) is 0 Å². The molecule has 0 unspecified atom stereocenters. The number of hydrogen-bond acceptors (Lipinski definition) is 4. The smallest absolute Gasteiger partial charge is 0.339 e. The molecule has 0 atom stereocenters. The van der Waals surface area contributed by atoms with Crippen LogP contribution in [-0.2, 0) is 14.3 Å². The van der Waals surface area contributed by atoms with Crippen LogP contribution in [-0.4, -0.2) is 26.6 Å². The topological polar surface area (TPSA) is 52.6 Å². The molecule has 2 rings (SSSR count). The molecule has 0 radical (unpaired) electrons. The maximum Gasteiger partial charge on any atom is 0.339 e. The van der Waals surface area contributed by atoms with Crippen LogP contribution in [0.25, 0.3) is 0 Å². The summed E-state index contributed by atoms with van der Waals surface area (Å²) >= 11 is 0. The van der Waals surface area contributed by atoms with E-state index in [-0.39, 0.29) is 11.9 Å². The zero-order valence-electron chi connectivity index (χ0n) is 19.2. The van der Waals surface area contributed by atoms with Gasteiger partial charge in [0, 0.05) is 5.57 Å². The summed E-state index contributed by atoms with van der Waals surface area (Å²) in [6.45, 7) is 14.1. The van der Waals surface area contributed by atoms with Crippen LogP contribution in [0, 0.1) is 0 Å². The van der Waals surface area contributed by atoms with Crippen molar-refractivity contribution >= 4 is 20.0 Å². The highest BCUT2D eigenvalue weighted by Gasteiger charge is 2.42. The van der Waals surface area contributed by atoms with Gasteiger partial charge in [-0.05, 0) is 54.1 Å². The molecule has 0 N–H and O–H groups in total. The highest BCUT2D eigenvalue weighted by Crippen LogP contribution is 2.43. The number of allylic oxidation sites excluding steroid dienone is 1. The van der Waals surface area contributed by atoms with Crippen molar-refractivity contribution in [1.29, 1.82) is 0 Å². The van der Waals surface area contributed by atoms with E-state index in [2.05, 4.69) is 47.2 Å². The van der Waals surface area contributed by atoms with Crippen LogP contribution in [0.3, 0.4) is 0 Å². The minimum Gasteiger partial charge on any atom is -0.462 e. The van der Waals surface area contributed by atoms with E-state index in [1.54, 1.807) is 12.1 Å². The van der Waals surface area contributed by atoms with Gasteiger partial charge < -0.3 is 9.47 Å². The van der Waals surface area contributed by atoms with Gasteiger partial charge in [-0.3, -0.25) is 0 Å². The Morgan fingerprint density at radius 1 is 1.00 bits per heavy atom. The van der Waals surface area contributed by atoms with Crippen LogP contribution in [0.5, 0.6) is 0 Å². The van der Waals surface area contributed by atoms with E-state index >= 15 is 0 Å². The molecule has 0 amide bonds. The zero-order chi connectivity index (χ0) is 22.3. The molecule has 164 valence electrons. The van der Waals surface area contributed by atoms with Crippen molar-refractivity contribution < 1.29 is 19.1 Å². The number of esters is 2. The summed E-state index contributed by atoms with van der Waals surface area (Å²) < 4.78 is 10.9. The third-order valence-electron chi connectivity index (χ3n) is 6.26. The number of benzene rings is 1. The third kappa shape index (κ3) is 5.72. The molecule has 5 heteroatoms. The highest BCUT2D eigenvalue weighted by atomic mass is 28.3. The maximum absolute atomic E-state index is 12.3. The van der Waals surface area contributed by atoms with Gasteiger partial charge in [-0.2, -0.15) is 0 Å². The van der Waals surface area contributed by atoms with Crippen LogP contribution < -0.4 is 0 Å². The Morgan fingerprint density at radius 2 is 1.60 bits per heavy atom. The molecule has 0 aliphatic carbocycles. The fourth-order valence-corrected chi connectivity index (χ4v) is 10.3. The summed E-state index contributed by atoms with van der Waals surface area (Å²) in [6.07, 6.45) is 4.05. The fourth-order valence-electron chi connectivity index (χ4n) is 4.66. The summed E-state index contributed by atoms with van der Waals surface area (Å²) in [5.41, 5.74) is 5.29. The summed E-state index contributed by atoms with van der Waals surface area (Å²) in [5.74, 6) is 0.188. The standard InChI is InChI=1S/C25H36O4Si/c1-18(2)30(19(3)4,20(5)6)17-23-16-22(25(27)29-23)14-10-11-15-28-24(26)21-12-8-7-9-13-21/h7-9,12-13,16-20H,10-11,14-15H2,1-6H3/b23-17-. The first-order chi connectivity index (χ1) is 14.2. The van der Waals surface area contributed by atoms with Gasteiger partial charge in [-0.1, -0.05) is 65.4 Å². The molecule has 1 aliphatic rings. The average molecular weight is 429 g/mol. The molecule has 30 heavy (non-hydrogen) atoms. The van der Waals surface area contributed by atoms with Crippen molar-refractivity contribution in [1.82, 2.24) is 0 Å². The van der Waals surface area contributed by atoms with E-state index in [0.29, 0.717) is 41.6 Å². The molecular formula is C25H36O4Si. The molecule has 0 saturated carbocycles. The predicted octanol–water partition coefficient (Wildman–Crippen LogP) is 6.60. The van der Waals surface area contributed by atoms with Gasteiger partial charge in [0.2, 0.25) is 0 Å². The second-order valence-electron chi connectivity index (χ2n) is 9.03. The van der Waals surface area contributed by atoms with Crippen LogP contribution in [0.15, 0.2) is 53.4 Å². The minimum atomic E-state index is -1.78. The average Bonchev–Trinajstić information content (AvgIpc) is 3.04. The monoisotopic (exact) mass is 428 g/mol. The molecule has 1 aromatic rings. The summed E-state index contributed by atoms with van der Waals surface area (Å²) in [7, 11) is -1.78. The number of cyclic esters (lactones) is 1. The second-order valence-corrected chi connectivity index (χ2v) is 14.8. The molecule has 1 heterocycles. The normalized spacial score (nSPS) is 15.8. The first kappa shape index (κ1) is 24.1. The Labute approximate surface area is 182 Å². The lowest BCUT2D eigenvalue weighted by Crippen LogP contribution is -2.43. The Morgan fingerprint density at radius 3 is 2.17 bits per heavy atom. The van der Waals surface area contributed by atoms with Gasteiger partial charge in [-0.25, -0.2) is 9.59 Å². The lowest BCUT2D eigenvalue weighted by atomic mass is 10.1. The largest absolute Gasteiger partial charge is 0.462 e. The summed E-state index contributed by atoms with van der Waals surface area (Å²) in [4.78, 5) is 24.3. The van der Waals surface area contributed by atoms with Crippen LogP contribution in [0.2, 0.25) is 16.6 Å². The first-order valence-corrected chi connectivity index (χ1v) is 13.4. The number of unbranched alkanes of at least 4 members (excludes halogenated alkanes) is 1. The van der Waals surface area contributed by atoms with Gasteiger partial charge in [0.1, 0.15) is 5.76 Å². The minimum absolute atomic E-state index is 0.235. The molecule has 1 aliphatic heterocycles. The van der Waals surface area contributed by atoms with Gasteiger partial charge >= 0.3 is 11.9 Å². The number of carbonyl (C=O) groups excluding carboxylic acids is 2. The molecule has 0 spiro atoms. The molecule has 4 nitrogen and oxygen atoms in total. The number of carbonyl (C=O) groups is 2. The number of ether oxygens (including phenoxy) is 2. The van der Waals surface area contributed by atoms with E-state index in [4.69, 9.17) is 9.47 Å². The van der Waals surface area contributed by atoms with E-state index in [1.807, 2.05) is 24.3 Å². The van der Waals surface area contributed by atoms with Crippen molar-refractivity contribution in [2.24, 2.45) is 0 Å². The zero-order valence-corrected chi connectivity index (χ0v) is 20.2. The number of rotatable bonds is 10. The molecular weight excluding hydrogens is 392 g/mol. The van der Waals surface area contributed by atoms with E-state index < -0.39 is 8.07 Å². The van der Waals surface area contributed by atoms with Crippen LogP contribution >= 0.6 is 0 Å². The Kier molecular flexibility index (Phi) is 8.65. The molecule has 1 aromatic carbocycles. The Hall–Kier alpha value is -2.14. The first-order valence-electron chi connectivity index (χ1n) is 11.1. The molecule has 0 fully saturated rings. The summed E-state index contributed by atoms with van der Waals surface area (Å²) in [5, 5.41) is 0. The highest BCUT2D eigenvalue weighted by molar-refractivity contribution is 6.88. The lowest BCUT2D eigenvalue weighted by molar-refractivity contribution is -0.133. The summed E-state index contributed by atoms with van der Waals surface area (Å²) in [6, 6.07) is 8.98. The predicted molar refractivity (Wildman–Crippen MR) is 124 cm³/mol. The molecule has 0 saturated heterocycles. The Balaban J connectivity index is 1.92. The van der Waals surface area contributed by atoms with E-state index in [1.165, 1.54) is 0 Å². The van der Waals surface area contributed by atoms with Crippen molar-refractivity contribution in [3.8, 4) is 0 Å². The fraction of sp³-hybridized carbons (Fsp3) is 0.520. The van der Waals surface area contributed by atoms with Gasteiger partial charge in [0.05, 0.1) is 20.2 Å². The van der Waals surface area contributed by atoms with E-state index in [9.17, 15) is 9.59 Å². The van der Waals surface area contributed by atoms with Gasteiger partial charge in [-0.15, -0.1) is 0 Å². The quantitative estimate of drug-likeness (QED) is 0.239. The van der Waals surface area contributed by atoms with Crippen LogP contribution in [0.1, 0.15) is 71.2 Å². The van der Waals surface area contributed by atoms with E-state index in [0.717, 1.165) is 17.8 Å². The lowest BCUT2D eigenvalue weighted by Gasteiger charge is -2.40. The van der Waals surface area contributed by atoms with Crippen molar-refractivity contribution in [2.45, 2.75) is 77.4 Å². The second kappa shape index (κ2) is 10.8. The maximum atomic E-state index is 12.3. The third-order valence-corrected chi connectivity index (χ3v) is 13.0.